The van der Waals surface area contributed by atoms with E-state index in [1.807, 2.05) is 20.8 Å². The molecular weight excluding hydrogens is 162 g/mol. The molecule has 0 aliphatic heterocycles. The molecule has 0 saturated heterocycles. The fourth-order valence-corrected chi connectivity index (χ4v) is 1.09. The topological polar surface area (TPSA) is 9.23 Å². The molecule has 12 heavy (non-hydrogen) atoms. The summed E-state index contributed by atoms with van der Waals surface area (Å²) in [5, 5.41) is 0. The van der Waals surface area contributed by atoms with Crippen LogP contribution in [0.1, 0.15) is 33.6 Å². The molecule has 1 saturated carbocycles. The highest BCUT2D eigenvalue weighted by Crippen LogP contribution is 2.50. The Balaban J connectivity index is 2.05. The molecule has 3 heteroatoms. The zero-order valence-corrected chi connectivity index (χ0v) is 7.86. The third-order valence-electron chi connectivity index (χ3n) is 1.96. The van der Waals surface area contributed by atoms with Crippen LogP contribution in [0.15, 0.2) is 0 Å². The largest absolute Gasteiger partial charge is 0.376 e. The molecule has 1 unspecified atom stereocenters. The van der Waals surface area contributed by atoms with Gasteiger partial charge in [-0.2, -0.15) is 0 Å². The van der Waals surface area contributed by atoms with Gasteiger partial charge in [-0.25, -0.2) is 8.78 Å². The maximum absolute atomic E-state index is 12.4. The van der Waals surface area contributed by atoms with Crippen LogP contribution in [0.4, 0.5) is 8.78 Å². The molecule has 1 aliphatic carbocycles. The third-order valence-corrected chi connectivity index (χ3v) is 1.96. The van der Waals surface area contributed by atoms with E-state index in [1.165, 1.54) is 0 Å². The maximum atomic E-state index is 12.4. The van der Waals surface area contributed by atoms with E-state index in [0.717, 1.165) is 0 Å². The van der Waals surface area contributed by atoms with Crippen LogP contribution in [-0.2, 0) is 4.74 Å². The fourth-order valence-electron chi connectivity index (χ4n) is 1.09. The van der Waals surface area contributed by atoms with Gasteiger partial charge < -0.3 is 4.74 Å². The Morgan fingerprint density at radius 1 is 1.42 bits per heavy atom. The second-order valence-corrected chi connectivity index (χ2v) is 4.41. The van der Waals surface area contributed by atoms with Crippen molar-refractivity contribution in [1.29, 1.82) is 0 Å². The summed E-state index contributed by atoms with van der Waals surface area (Å²) in [5.74, 6) is -2.80. The minimum atomic E-state index is -2.39. The van der Waals surface area contributed by atoms with Gasteiger partial charge in [0.15, 0.2) is 0 Å². The van der Waals surface area contributed by atoms with Crippen LogP contribution in [-0.4, -0.2) is 18.1 Å². The van der Waals surface area contributed by atoms with Crippen molar-refractivity contribution in [2.75, 3.05) is 6.61 Å². The van der Waals surface area contributed by atoms with Gasteiger partial charge in [-0.05, 0) is 27.2 Å². The van der Waals surface area contributed by atoms with Gasteiger partial charge in [-0.3, -0.25) is 0 Å². The maximum Gasteiger partial charge on any atom is 0.251 e. The van der Waals surface area contributed by atoms with E-state index in [2.05, 4.69) is 0 Å². The van der Waals surface area contributed by atoms with E-state index in [4.69, 9.17) is 4.74 Å². The smallest absolute Gasteiger partial charge is 0.251 e. The van der Waals surface area contributed by atoms with E-state index in [-0.39, 0.29) is 12.0 Å². The van der Waals surface area contributed by atoms with Gasteiger partial charge in [0.2, 0.25) is 0 Å². The van der Waals surface area contributed by atoms with Crippen molar-refractivity contribution in [1.82, 2.24) is 0 Å². The third kappa shape index (κ3) is 3.05. The molecule has 0 aromatic rings. The highest BCUT2D eigenvalue weighted by Gasteiger charge is 2.56. The average Bonchev–Trinajstić information content (AvgIpc) is 2.36. The first-order chi connectivity index (χ1) is 5.31. The van der Waals surface area contributed by atoms with Crippen molar-refractivity contribution in [2.24, 2.45) is 5.92 Å². The molecule has 1 rings (SSSR count). The Hall–Kier alpha value is -0.180. The van der Waals surface area contributed by atoms with Crippen molar-refractivity contribution < 1.29 is 13.5 Å². The lowest BCUT2D eigenvalue weighted by molar-refractivity contribution is -0.0113. The molecule has 1 fully saturated rings. The predicted octanol–water partition coefficient (Wildman–Crippen LogP) is 2.85. The van der Waals surface area contributed by atoms with Crippen LogP contribution in [0.3, 0.4) is 0 Å². The second kappa shape index (κ2) is 2.95. The van der Waals surface area contributed by atoms with Crippen molar-refractivity contribution in [3.05, 3.63) is 0 Å². The number of hydrogen-bond donors (Lipinski definition) is 0. The minimum absolute atomic E-state index is 0.0561. The average molecular weight is 178 g/mol. The Bertz CT molecular complexity index is 160. The lowest BCUT2D eigenvalue weighted by Crippen LogP contribution is -2.20. The Kier molecular flexibility index (Phi) is 2.43. The number of ether oxygens (including phenoxy) is 1. The molecule has 0 aromatic carbocycles. The zero-order chi connectivity index (χ0) is 9.41. The normalized spacial score (nSPS) is 27.2. The first-order valence-corrected chi connectivity index (χ1v) is 4.33. The summed E-state index contributed by atoms with van der Waals surface area (Å²) in [6.45, 7) is 6.23. The van der Waals surface area contributed by atoms with Gasteiger partial charge in [0.05, 0.1) is 5.60 Å². The highest BCUT2D eigenvalue weighted by atomic mass is 19.3. The van der Waals surface area contributed by atoms with Crippen LogP contribution < -0.4 is 0 Å². The molecule has 72 valence electrons. The standard InChI is InChI=1S/C9H16F2O/c1-8(2,3)12-5-4-7-6-9(7,10)11/h7H,4-6H2,1-3H3. The molecule has 0 amide bonds. The molecule has 1 atom stereocenters. The summed E-state index contributed by atoms with van der Waals surface area (Å²) in [5.41, 5.74) is -0.204. The van der Waals surface area contributed by atoms with Gasteiger partial charge in [-0.15, -0.1) is 0 Å². The first kappa shape index (κ1) is 9.90. The molecule has 0 radical (unpaired) electrons. The van der Waals surface area contributed by atoms with Crippen LogP contribution in [0.5, 0.6) is 0 Å². The van der Waals surface area contributed by atoms with E-state index < -0.39 is 11.8 Å². The second-order valence-electron chi connectivity index (χ2n) is 4.41. The summed E-state index contributed by atoms with van der Waals surface area (Å²) < 4.78 is 30.1. The van der Waals surface area contributed by atoms with Crippen molar-refractivity contribution in [3.63, 3.8) is 0 Å². The molecule has 0 spiro atoms. The number of rotatable bonds is 3. The number of hydrogen-bond acceptors (Lipinski definition) is 1. The predicted molar refractivity (Wildman–Crippen MR) is 43.4 cm³/mol. The summed E-state index contributed by atoms with van der Waals surface area (Å²) in [4.78, 5) is 0. The van der Waals surface area contributed by atoms with Gasteiger partial charge in [0.1, 0.15) is 0 Å². The van der Waals surface area contributed by atoms with E-state index in [0.29, 0.717) is 13.0 Å². The van der Waals surface area contributed by atoms with Crippen LogP contribution in [0.25, 0.3) is 0 Å². The fraction of sp³-hybridized carbons (Fsp3) is 1.00. The monoisotopic (exact) mass is 178 g/mol. The Labute approximate surface area is 72.1 Å². The van der Waals surface area contributed by atoms with Crippen LogP contribution in [0, 0.1) is 5.92 Å². The zero-order valence-electron chi connectivity index (χ0n) is 7.86. The Morgan fingerprint density at radius 2 is 1.92 bits per heavy atom. The Morgan fingerprint density at radius 3 is 2.25 bits per heavy atom. The molecule has 0 aromatic heterocycles. The molecular formula is C9H16F2O. The molecule has 0 bridgehead atoms. The summed E-state index contributed by atoms with van der Waals surface area (Å²) in [7, 11) is 0. The molecule has 0 N–H and O–H groups in total. The quantitative estimate of drug-likeness (QED) is 0.645. The van der Waals surface area contributed by atoms with Gasteiger partial charge in [-0.1, -0.05) is 0 Å². The highest BCUT2D eigenvalue weighted by molar-refractivity contribution is 4.94. The molecule has 0 heterocycles. The van der Waals surface area contributed by atoms with E-state index in [1.54, 1.807) is 0 Å². The van der Waals surface area contributed by atoms with Crippen LogP contribution in [0.2, 0.25) is 0 Å². The van der Waals surface area contributed by atoms with E-state index >= 15 is 0 Å². The van der Waals surface area contributed by atoms with Gasteiger partial charge >= 0.3 is 0 Å². The summed E-state index contributed by atoms with van der Waals surface area (Å²) >= 11 is 0. The van der Waals surface area contributed by atoms with Crippen LogP contribution >= 0.6 is 0 Å². The summed E-state index contributed by atoms with van der Waals surface area (Å²) in [6.07, 6.45) is 0.546. The SMILES string of the molecule is CC(C)(C)OCCC1CC1(F)F. The van der Waals surface area contributed by atoms with Gasteiger partial charge in [0, 0.05) is 18.9 Å². The van der Waals surface area contributed by atoms with Crippen molar-refractivity contribution in [2.45, 2.75) is 45.1 Å². The minimum Gasteiger partial charge on any atom is -0.376 e. The van der Waals surface area contributed by atoms with Gasteiger partial charge in [0.25, 0.3) is 5.92 Å². The molecule has 1 nitrogen and oxygen atoms in total. The van der Waals surface area contributed by atoms with E-state index in [9.17, 15) is 8.78 Å². The lowest BCUT2D eigenvalue weighted by Gasteiger charge is -2.19. The number of halogens is 2. The lowest BCUT2D eigenvalue weighted by atomic mass is 10.2. The summed E-state index contributed by atoms with van der Waals surface area (Å²) in [6, 6.07) is 0. The van der Waals surface area contributed by atoms with Crippen molar-refractivity contribution in [3.8, 4) is 0 Å². The number of alkyl halides is 2. The van der Waals surface area contributed by atoms with Crippen molar-refractivity contribution >= 4 is 0 Å². The molecule has 1 aliphatic rings. The first-order valence-electron chi connectivity index (χ1n) is 4.33.